The lowest BCUT2D eigenvalue weighted by Crippen LogP contribution is -2.36. The highest BCUT2D eigenvalue weighted by Crippen LogP contribution is 2.30. The molecule has 0 spiro atoms. The number of nitrogens with one attached hydrogen (secondary N) is 1. The predicted molar refractivity (Wildman–Crippen MR) is 114 cm³/mol. The monoisotopic (exact) mass is 393 g/mol. The van der Waals surface area contributed by atoms with Crippen LogP contribution in [0.25, 0.3) is 11.6 Å². The van der Waals surface area contributed by atoms with Crippen molar-refractivity contribution in [1.29, 1.82) is 0 Å². The van der Waals surface area contributed by atoms with E-state index in [2.05, 4.69) is 5.32 Å². The normalized spacial score (nSPS) is 14.9. The van der Waals surface area contributed by atoms with Gasteiger partial charge >= 0.3 is 5.97 Å². The summed E-state index contributed by atoms with van der Waals surface area (Å²) in [6.07, 6.45) is 7.45. The molecule has 1 saturated carbocycles. The van der Waals surface area contributed by atoms with Crippen molar-refractivity contribution in [2.75, 3.05) is 7.11 Å². The van der Waals surface area contributed by atoms with Gasteiger partial charge in [-0.2, -0.15) is 0 Å². The number of esters is 1. The first kappa shape index (κ1) is 20.6. The van der Waals surface area contributed by atoms with Crippen LogP contribution in [-0.4, -0.2) is 25.0 Å². The second-order valence-electron chi connectivity index (χ2n) is 7.24. The second-order valence-corrected chi connectivity index (χ2v) is 7.24. The lowest BCUT2D eigenvalue weighted by Gasteiger charge is -2.23. The van der Waals surface area contributed by atoms with Crippen molar-refractivity contribution in [1.82, 2.24) is 5.32 Å². The van der Waals surface area contributed by atoms with E-state index in [4.69, 9.17) is 9.47 Å². The van der Waals surface area contributed by atoms with Crippen LogP contribution in [0.5, 0.6) is 11.5 Å². The Morgan fingerprint density at radius 1 is 1.00 bits per heavy atom. The molecule has 0 bridgehead atoms. The highest BCUT2D eigenvalue weighted by atomic mass is 16.6. The van der Waals surface area contributed by atoms with E-state index in [0.717, 1.165) is 36.8 Å². The van der Waals surface area contributed by atoms with Crippen LogP contribution in [0.15, 0.2) is 48.5 Å². The molecule has 2 aromatic carbocycles. The molecule has 1 N–H and O–H groups in total. The average molecular weight is 393 g/mol. The van der Waals surface area contributed by atoms with Gasteiger partial charge < -0.3 is 14.8 Å². The van der Waals surface area contributed by atoms with Crippen LogP contribution in [0.4, 0.5) is 0 Å². The van der Waals surface area contributed by atoms with Gasteiger partial charge in [0, 0.05) is 18.5 Å². The maximum atomic E-state index is 13.1. The first-order valence-electron chi connectivity index (χ1n) is 10.0. The Morgan fingerprint density at radius 3 is 2.38 bits per heavy atom. The Morgan fingerprint density at radius 2 is 1.72 bits per heavy atom. The largest absolute Gasteiger partial charge is 0.493 e. The Balaban J connectivity index is 1.92. The number of carbonyl (C=O) groups excluding carboxylic acids is 2. The Bertz CT molecular complexity index is 883. The molecule has 5 nitrogen and oxygen atoms in total. The highest BCUT2D eigenvalue weighted by molar-refractivity contribution is 6.24. The summed E-state index contributed by atoms with van der Waals surface area (Å²) in [5.41, 5.74) is 2.23. The van der Waals surface area contributed by atoms with Crippen LogP contribution in [0.3, 0.4) is 0 Å². The summed E-state index contributed by atoms with van der Waals surface area (Å²) in [7, 11) is 1.52. The zero-order chi connectivity index (χ0) is 20.6. The third-order valence-corrected chi connectivity index (χ3v) is 5.02. The molecule has 0 radical (unpaired) electrons. The first-order chi connectivity index (χ1) is 14.1. The summed E-state index contributed by atoms with van der Waals surface area (Å²) in [6, 6.07) is 15.1. The fourth-order valence-corrected chi connectivity index (χ4v) is 3.59. The van der Waals surface area contributed by atoms with E-state index in [0.29, 0.717) is 17.1 Å². The number of carbonyl (C=O) groups is 2. The number of benzene rings is 2. The van der Waals surface area contributed by atoms with Gasteiger partial charge in [0.2, 0.25) is 0 Å². The Hall–Kier alpha value is -3.08. The number of hydrogen-bond donors (Lipinski definition) is 1. The van der Waals surface area contributed by atoms with Gasteiger partial charge in [0.1, 0.15) is 0 Å². The van der Waals surface area contributed by atoms with Crippen LogP contribution in [-0.2, 0) is 9.59 Å². The molecule has 1 aliphatic rings. The molecule has 0 heterocycles. The number of hydrogen-bond acceptors (Lipinski definition) is 4. The Labute approximate surface area is 171 Å². The Kier molecular flexibility index (Phi) is 7.06. The van der Waals surface area contributed by atoms with E-state index >= 15 is 0 Å². The van der Waals surface area contributed by atoms with Crippen molar-refractivity contribution < 1.29 is 19.1 Å². The van der Waals surface area contributed by atoms with E-state index in [-0.39, 0.29) is 11.9 Å². The first-order valence-corrected chi connectivity index (χ1v) is 10.0. The summed E-state index contributed by atoms with van der Waals surface area (Å²) in [4.78, 5) is 24.4. The number of ether oxygens (including phenoxy) is 2. The third kappa shape index (κ3) is 5.70. The molecule has 5 heteroatoms. The number of amides is 1. The molecule has 2 aromatic rings. The standard InChI is InChI=1S/C24H27NO4/c1-17(26)29-22-14-13-18(16-23(22)28-2)15-21(19-9-5-3-6-10-19)24(27)25-20-11-7-4-8-12-20/h3,5-6,9-10,13-16,20H,4,7-8,11-12H2,1-2H3,(H,25,27)/b21-15+. The number of methoxy groups -OCH3 is 1. The maximum absolute atomic E-state index is 13.1. The van der Waals surface area contributed by atoms with Crippen molar-refractivity contribution in [3.63, 3.8) is 0 Å². The SMILES string of the molecule is COc1cc(/C=C(/C(=O)NC2CCCCC2)c2ccccc2)ccc1OC(C)=O. The predicted octanol–water partition coefficient (Wildman–Crippen LogP) is 4.61. The molecule has 1 aliphatic carbocycles. The molecule has 1 amide bonds. The molecule has 3 rings (SSSR count). The minimum Gasteiger partial charge on any atom is -0.493 e. The molecule has 0 aliphatic heterocycles. The maximum Gasteiger partial charge on any atom is 0.308 e. The summed E-state index contributed by atoms with van der Waals surface area (Å²) in [6.45, 7) is 1.34. The molecular weight excluding hydrogens is 366 g/mol. The summed E-state index contributed by atoms with van der Waals surface area (Å²) in [5, 5.41) is 3.20. The van der Waals surface area contributed by atoms with E-state index in [9.17, 15) is 9.59 Å². The smallest absolute Gasteiger partial charge is 0.308 e. The number of rotatable bonds is 6. The van der Waals surface area contributed by atoms with Crippen molar-refractivity contribution in [3.05, 3.63) is 59.7 Å². The zero-order valence-corrected chi connectivity index (χ0v) is 16.9. The van der Waals surface area contributed by atoms with Crippen molar-refractivity contribution in [3.8, 4) is 11.5 Å². The average Bonchev–Trinajstić information content (AvgIpc) is 2.73. The zero-order valence-electron chi connectivity index (χ0n) is 16.9. The fraction of sp³-hybridized carbons (Fsp3) is 0.333. The van der Waals surface area contributed by atoms with Gasteiger partial charge in [-0.25, -0.2) is 0 Å². The molecule has 1 fully saturated rings. The summed E-state index contributed by atoms with van der Waals surface area (Å²) >= 11 is 0. The quantitative estimate of drug-likeness (QED) is 0.337. The van der Waals surface area contributed by atoms with Crippen LogP contribution in [0.1, 0.15) is 50.2 Å². The van der Waals surface area contributed by atoms with Crippen LogP contribution in [0.2, 0.25) is 0 Å². The highest BCUT2D eigenvalue weighted by Gasteiger charge is 2.19. The van der Waals surface area contributed by atoms with Crippen molar-refractivity contribution in [2.45, 2.75) is 45.1 Å². The van der Waals surface area contributed by atoms with E-state index in [1.165, 1.54) is 20.5 Å². The van der Waals surface area contributed by atoms with Crippen LogP contribution in [0, 0.1) is 0 Å². The van der Waals surface area contributed by atoms with Gasteiger partial charge in [-0.05, 0) is 42.2 Å². The third-order valence-electron chi connectivity index (χ3n) is 5.02. The molecule has 152 valence electrons. The van der Waals surface area contributed by atoms with E-state index in [1.54, 1.807) is 18.2 Å². The van der Waals surface area contributed by atoms with Gasteiger partial charge in [0.25, 0.3) is 5.91 Å². The topological polar surface area (TPSA) is 64.6 Å². The van der Waals surface area contributed by atoms with Crippen molar-refractivity contribution >= 4 is 23.5 Å². The fourth-order valence-electron chi connectivity index (χ4n) is 3.59. The van der Waals surface area contributed by atoms with Gasteiger partial charge in [-0.3, -0.25) is 9.59 Å². The molecule has 0 atom stereocenters. The van der Waals surface area contributed by atoms with Gasteiger partial charge in [0.05, 0.1) is 7.11 Å². The lowest BCUT2D eigenvalue weighted by atomic mass is 9.94. The molecule has 0 aromatic heterocycles. The molecule has 0 saturated heterocycles. The van der Waals surface area contributed by atoms with Gasteiger partial charge in [-0.15, -0.1) is 0 Å². The van der Waals surface area contributed by atoms with E-state index < -0.39 is 5.97 Å². The molecular formula is C24H27NO4. The minimum atomic E-state index is -0.413. The van der Waals surface area contributed by atoms with Gasteiger partial charge in [0.15, 0.2) is 11.5 Å². The van der Waals surface area contributed by atoms with Crippen LogP contribution < -0.4 is 14.8 Å². The molecule has 0 unspecified atom stereocenters. The second kappa shape index (κ2) is 9.92. The minimum absolute atomic E-state index is 0.0777. The summed E-state index contributed by atoms with van der Waals surface area (Å²) in [5.74, 6) is 0.300. The lowest BCUT2D eigenvalue weighted by molar-refractivity contribution is -0.132. The van der Waals surface area contributed by atoms with Crippen molar-refractivity contribution in [2.24, 2.45) is 0 Å². The van der Waals surface area contributed by atoms with Gasteiger partial charge in [-0.1, -0.05) is 55.7 Å². The summed E-state index contributed by atoms with van der Waals surface area (Å²) < 4.78 is 10.5. The van der Waals surface area contributed by atoms with Crippen LogP contribution >= 0.6 is 0 Å². The van der Waals surface area contributed by atoms with E-state index in [1.807, 2.05) is 36.4 Å². The molecule has 29 heavy (non-hydrogen) atoms.